The average Bonchev–Trinajstić information content (AvgIpc) is 3.28. The van der Waals surface area contributed by atoms with E-state index in [1.807, 2.05) is 11.4 Å². The van der Waals surface area contributed by atoms with Crippen molar-refractivity contribution in [3.63, 3.8) is 0 Å². The van der Waals surface area contributed by atoms with Crippen LogP contribution in [0.4, 0.5) is 5.82 Å². The molecule has 4 rings (SSSR count). The van der Waals surface area contributed by atoms with Gasteiger partial charge in [-0.3, -0.25) is 0 Å². The lowest BCUT2D eigenvalue weighted by atomic mass is 10.1. The molecule has 118 valence electrons. The molecule has 0 bridgehead atoms. The smallest absolute Gasteiger partial charge is 0.197 e. The SMILES string of the molecule is C[n+]1ccc2n1CCN2Cc1cc(C(=N)Cc2nccs2)co1. The lowest BCUT2D eigenvalue weighted by Crippen LogP contribution is -2.37. The van der Waals surface area contributed by atoms with Gasteiger partial charge in [0.25, 0.3) is 0 Å². The largest absolute Gasteiger partial charge is 0.467 e. The van der Waals surface area contributed by atoms with Crippen LogP contribution in [0.25, 0.3) is 0 Å². The van der Waals surface area contributed by atoms with Gasteiger partial charge >= 0.3 is 0 Å². The van der Waals surface area contributed by atoms with Gasteiger partial charge in [0.2, 0.25) is 0 Å². The summed E-state index contributed by atoms with van der Waals surface area (Å²) >= 11 is 1.58. The third-order valence-electron chi connectivity index (χ3n) is 4.15. The fourth-order valence-corrected chi connectivity index (χ4v) is 3.57. The molecule has 0 aromatic carbocycles. The molecule has 0 aliphatic carbocycles. The Hall–Kier alpha value is -2.41. The van der Waals surface area contributed by atoms with Crippen LogP contribution in [0.1, 0.15) is 16.3 Å². The molecule has 4 heterocycles. The molecule has 3 aromatic rings. The van der Waals surface area contributed by atoms with E-state index in [0.29, 0.717) is 12.1 Å². The van der Waals surface area contributed by atoms with Crippen LogP contribution in [-0.2, 0) is 26.6 Å². The van der Waals surface area contributed by atoms with Gasteiger partial charge < -0.3 is 14.7 Å². The van der Waals surface area contributed by atoms with Crippen LogP contribution >= 0.6 is 11.3 Å². The van der Waals surface area contributed by atoms with Crippen LogP contribution in [0.5, 0.6) is 0 Å². The topological polar surface area (TPSA) is 61.9 Å². The van der Waals surface area contributed by atoms with Crippen LogP contribution in [0, 0.1) is 5.41 Å². The van der Waals surface area contributed by atoms with Crippen LogP contribution in [0.15, 0.2) is 40.6 Å². The Balaban J connectivity index is 1.45. The Morgan fingerprint density at radius 2 is 2.39 bits per heavy atom. The minimum Gasteiger partial charge on any atom is -0.467 e. The van der Waals surface area contributed by atoms with Crippen molar-refractivity contribution in [3.8, 4) is 0 Å². The summed E-state index contributed by atoms with van der Waals surface area (Å²) < 4.78 is 10.0. The average molecular weight is 328 g/mol. The first-order valence-electron chi connectivity index (χ1n) is 7.54. The van der Waals surface area contributed by atoms with Crippen LogP contribution in [0.2, 0.25) is 0 Å². The molecule has 1 aliphatic rings. The van der Waals surface area contributed by atoms with Gasteiger partial charge in [0.1, 0.15) is 5.76 Å². The Labute approximate surface area is 138 Å². The monoisotopic (exact) mass is 328 g/mol. The molecule has 0 saturated carbocycles. The number of aromatic nitrogens is 3. The minimum absolute atomic E-state index is 0.547. The van der Waals surface area contributed by atoms with Crippen LogP contribution in [-0.4, -0.2) is 21.9 Å². The predicted octanol–water partition coefficient (Wildman–Crippen LogP) is 1.99. The van der Waals surface area contributed by atoms with E-state index in [9.17, 15) is 0 Å². The van der Waals surface area contributed by atoms with Gasteiger partial charge in [0.15, 0.2) is 19.1 Å². The summed E-state index contributed by atoms with van der Waals surface area (Å²) in [5.41, 5.74) is 1.39. The summed E-state index contributed by atoms with van der Waals surface area (Å²) in [7, 11) is 2.05. The molecule has 1 aliphatic heterocycles. The molecule has 0 amide bonds. The number of furan rings is 1. The van der Waals surface area contributed by atoms with Gasteiger partial charge in [-0.25, -0.2) is 4.98 Å². The Morgan fingerprint density at radius 1 is 1.48 bits per heavy atom. The second-order valence-electron chi connectivity index (χ2n) is 5.68. The summed E-state index contributed by atoms with van der Waals surface area (Å²) in [6, 6.07) is 4.10. The van der Waals surface area contributed by atoms with Crippen molar-refractivity contribution in [2.24, 2.45) is 7.05 Å². The maximum Gasteiger partial charge on any atom is 0.197 e. The highest BCUT2D eigenvalue weighted by atomic mass is 32.1. The predicted molar refractivity (Wildman–Crippen MR) is 88.0 cm³/mol. The molecule has 0 spiro atoms. The third kappa shape index (κ3) is 2.68. The summed E-state index contributed by atoms with van der Waals surface area (Å²) in [6.45, 7) is 2.71. The van der Waals surface area contributed by atoms with Crippen molar-refractivity contribution < 1.29 is 9.10 Å². The van der Waals surface area contributed by atoms with E-state index in [2.05, 4.69) is 38.6 Å². The van der Waals surface area contributed by atoms with E-state index in [0.717, 1.165) is 36.0 Å². The summed E-state index contributed by atoms with van der Waals surface area (Å²) in [4.78, 5) is 6.53. The highest BCUT2D eigenvalue weighted by Gasteiger charge is 2.25. The van der Waals surface area contributed by atoms with E-state index in [4.69, 9.17) is 9.83 Å². The molecule has 3 aromatic heterocycles. The molecular formula is C16H18N5OS+. The quantitative estimate of drug-likeness (QED) is 0.575. The number of nitrogens with one attached hydrogen (secondary N) is 1. The standard InChI is InChI=1S/C16H18N5OS/c1-19-4-2-16-20(5-6-21(16)19)10-13-8-12(11-22-13)14(17)9-15-18-3-7-23-15/h2-4,7-8,11,17H,5-6,9-10H2,1H3/q+1. The van der Waals surface area contributed by atoms with E-state index in [1.54, 1.807) is 23.8 Å². The normalized spacial score (nSPS) is 13.5. The number of hydrogen-bond donors (Lipinski definition) is 1. The molecule has 0 atom stereocenters. The number of nitrogens with zero attached hydrogens (tertiary/aromatic N) is 4. The third-order valence-corrected chi connectivity index (χ3v) is 4.93. The van der Waals surface area contributed by atoms with Gasteiger partial charge in [-0.1, -0.05) is 0 Å². The van der Waals surface area contributed by atoms with E-state index in [-0.39, 0.29) is 0 Å². The zero-order valence-corrected chi connectivity index (χ0v) is 13.7. The Morgan fingerprint density at radius 3 is 3.22 bits per heavy atom. The number of hydrogen-bond acceptors (Lipinski definition) is 5. The molecule has 0 fully saturated rings. The van der Waals surface area contributed by atoms with Crippen molar-refractivity contribution >= 4 is 22.9 Å². The van der Waals surface area contributed by atoms with E-state index >= 15 is 0 Å². The first kappa shape index (κ1) is 14.2. The van der Waals surface area contributed by atoms with Gasteiger partial charge in [0.05, 0.1) is 30.4 Å². The summed E-state index contributed by atoms with van der Waals surface area (Å²) in [5.74, 6) is 2.10. The molecule has 0 saturated heterocycles. The van der Waals surface area contributed by atoms with Crippen molar-refractivity contribution in [1.82, 2.24) is 9.67 Å². The van der Waals surface area contributed by atoms with Crippen molar-refractivity contribution in [3.05, 3.63) is 52.5 Å². The number of thiazole rings is 1. The minimum atomic E-state index is 0.547. The molecule has 6 nitrogen and oxygen atoms in total. The van der Waals surface area contributed by atoms with Gasteiger partial charge in [0, 0.05) is 35.8 Å². The number of rotatable bonds is 5. The summed E-state index contributed by atoms with van der Waals surface area (Å²) in [5, 5.41) is 11.1. The van der Waals surface area contributed by atoms with Gasteiger partial charge in [-0.05, 0) is 6.07 Å². The number of fused-ring (bicyclic) bond motifs is 1. The second kappa shape index (κ2) is 5.66. The molecule has 23 heavy (non-hydrogen) atoms. The van der Waals surface area contributed by atoms with E-state index < -0.39 is 0 Å². The van der Waals surface area contributed by atoms with Crippen molar-refractivity contribution in [2.75, 3.05) is 11.4 Å². The Kier molecular flexibility index (Phi) is 3.49. The van der Waals surface area contributed by atoms with E-state index in [1.165, 1.54) is 5.82 Å². The first-order valence-corrected chi connectivity index (χ1v) is 8.42. The summed E-state index contributed by atoms with van der Waals surface area (Å²) in [6.07, 6.45) is 6.08. The maximum absolute atomic E-state index is 8.21. The lowest BCUT2D eigenvalue weighted by Gasteiger charge is -2.13. The first-order chi connectivity index (χ1) is 11.2. The maximum atomic E-state index is 8.21. The van der Waals surface area contributed by atoms with Crippen LogP contribution < -0.4 is 9.58 Å². The van der Waals surface area contributed by atoms with Crippen molar-refractivity contribution in [1.29, 1.82) is 5.41 Å². The highest BCUT2D eigenvalue weighted by molar-refractivity contribution is 7.09. The molecule has 1 N–H and O–H groups in total. The Bertz CT molecular complexity index is 833. The van der Waals surface area contributed by atoms with Crippen molar-refractivity contribution in [2.45, 2.75) is 19.5 Å². The zero-order valence-electron chi connectivity index (χ0n) is 12.9. The zero-order chi connectivity index (χ0) is 15.8. The fraction of sp³-hybridized carbons (Fsp3) is 0.312. The fourth-order valence-electron chi connectivity index (χ4n) is 2.94. The second-order valence-corrected chi connectivity index (χ2v) is 6.65. The molecule has 7 heteroatoms. The number of anilines is 1. The molecule has 0 unspecified atom stereocenters. The van der Waals surface area contributed by atoms with Gasteiger partial charge in [-0.15, -0.1) is 20.7 Å². The molecule has 0 radical (unpaired) electrons. The van der Waals surface area contributed by atoms with Crippen LogP contribution in [0.3, 0.4) is 0 Å². The lowest BCUT2D eigenvalue weighted by molar-refractivity contribution is -0.751. The van der Waals surface area contributed by atoms with Gasteiger partial charge in [-0.2, -0.15) is 0 Å². The number of aryl methyl sites for hydroxylation is 1. The highest BCUT2D eigenvalue weighted by Crippen LogP contribution is 2.22. The molecular weight excluding hydrogens is 310 g/mol.